The number of benzene rings is 1. The van der Waals surface area contributed by atoms with Crippen LogP contribution in [0.1, 0.15) is 23.2 Å². The first kappa shape index (κ1) is 14.9. The van der Waals surface area contributed by atoms with Crippen molar-refractivity contribution in [1.29, 1.82) is 0 Å². The topological polar surface area (TPSA) is 98.9 Å². The molecule has 0 amide bonds. The highest BCUT2D eigenvalue weighted by Gasteiger charge is 2.18. The monoisotopic (exact) mass is 269 g/mol. The second kappa shape index (κ2) is 7.32. The Morgan fingerprint density at radius 1 is 1.37 bits per heavy atom. The van der Waals surface area contributed by atoms with Gasteiger partial charge in [0.15, 0.2) is 5.75 Å². The van der Waals surface area contributed by atoms with Gasteiger partial charge in [-0.2, -0.15) is 0 Å². The molecule has 0 bridgehead atoms. The standard InChI is InChI=1S/C12H15NO6/c1-18-6-2-3-7-19-11-5-4-9(12(14)15)8-10(11)13(16)17/h4-5,8H,2-3,6-7H2,1H3,(H,14,15). The Balaban J connectivity index is 2.71. The molecule has 0 saturated heterocycles. The fourth-order valence-electron chi connectivity index (χ4n) is 1.45. The predicted molar refractivity (Wildman–Crippen MR) is 66.7 cm³/mol. The molecule has 1 rings (SSSR count). The third-order valence-corrected chi connectivity index (χ3v) is 2.40. The van der Waals surface area contributed by atoms with Crippen molar-refractivity contribution in [2.24, 2.45) is 0 Å². The summed E-state index contributed by atoms with van der Waals surface area (Å²) in [6.07, 6.45) is 1.49. The van der Waals surface area contributed by atoms with Crippen LogP contribution in [0.5, 0.6) is 5.75 Å². The van der Waals surface area contributed by atoms with E-state index < -0.39 is 10.9 Å². The first-order valence-electron chi connectivity index (χ1n) is 5.69. The number of nitrogens with zero attached hydrogens (tertiary/aromatic N) is 1. The summed E-state index contributed by atoms with van der Waals surface area (Å²) < 4.78 is 10.2. The molecule has 0 saturated carbocycles. The summed E-state index contributed by atoms with van der Waals surface area (Å²) in [6.45, 7) is 0.917. The lowest BCUT2D eigenvalue weighted by atomic mass is 10.2. The summed E-state index contributed by atoms with van der Waals surface area (Å²) in [5.74, 6) is -1.14. The van der Waals surface area contributed by atoms with Crippen molar-refractivity contribution in [2.75, 3.05) is 20.3 Å². The minimum absolute atomic E-state index is 0.0763. The van der Waals surface area contributed by atoms with E-state index in [0.29, 0.717) is 19.6 Å². The molecular formula is C12H15NO6. The zero-order valence-corrected chi connectivity index (χ0v) is 10.5. The van der Waals surface area contributed by atoms with Crippen LogP contribution in [0.2, 0.25) is 0 Å². The van der Waals surface area contributed by atoms with E-state index in [1.807, 2.05) is 0 Å². The number of hydrogen-bond donors (Lipinski definition) is 1. The third kappa shape index (κ3) is 4.55. The van der Waals surface area contributed by atoms with Gasteiger partial charge in [-0.25, -0.2) is 4.79 Å². The summed E-state index contributed by atoms with van der Waals surface area (Å²) in [5, 5.41) is 19.6. The number of carboxylic acids is 1. The van der Waals surface area contributed by atoms with E-state index in [1.165, 1.54) is 12.1 Å². The van der Waals surface area contributed by atoms with Crippen LogP contribution in [0, 0.1) is 10.1 Å². The number of methoxy groups -OCH3 is 1. The van der Waals surface area contributed by atoms with E-state index >= 15 is 0 Å². The molecule has 0 radical (unpaired) electrons. The maximum Gasteiger partial charge on any atom is 0.335 e. The fraction of sp³-hybridized carbons (Fsp3) is 0.417. The molecule has 0 spiro atoms. The van der Waals surface area contributed by atoms with Gasteiger partial charge >= 0.3 is 11.7 Å². The lowest BCUT2D eigenvalue weighted by molar-refractivity contribution is -0.385. The van der Waals surface area contributed by atoms with Crippen molar-refractivity contribution < 1.29 is 24.3 Å². The van der Waals surface area contributed by atoms with Gasteiger partial charge in [0.2, 0.25) is 0 Å². The number of carboxylic acid groups (broad SMARTS) is 1. The minimum Gasteiger partial charge on any atom is -0.487 e. The molecule has 1 aromatic carbocycles. The number of ether oxygens (including phenoxy) is 2. The van der Waals surface area contributed by atoms with E-state index in [-0.39, 0.29) is 17.0 Å². The van der Waals surface area contributed by atoms with Gasteiger partial charge in [0.1, 0.15) is 0 Å². The Morgan fingerprint density at radius 3 is 2.63 bits per heavy atom. The van der Waals surface area contributed by atoms with Gasteiger partial charge in [0.25, 0.3) is 0 Å². The molecule has 7 heteroatoms. The number of rotatable bonds is 8. The van der Waals surface area contributed by atoms with Gasteiger partial charge in [0, 0.05) is 19.8 Å². The predicted octanol–water partition coefficient (Wildman–Crippen LogP) is 2.10. The van der Waals surface area contributed by atoms with E-state index in [4.69, 9.17) is 14.6 Å². The van der Waals surface area contributed by atoms with Crippen LogP contribution < -0.4 is 4.74 Å². The molecule has 0 heterocycles. The summed E-state index contributed by atoms with van der Waals surface area (Å²) in [6, 6.07) is 3.57. The average Bonchev–Trinajstić information content (AvgIpc) is 2.38. The van der Waals surface area contributed by atoms with Gasteiger partial charge in [-0.3, -0.25) is 10.1 Å². The van der Waals surface area contributed by atoms with Crippen LogP contribution in [0.15, 0.2) is 18.2 Å². The number of unbranched alkanes of at least 4 members (excludes halogenated alkanes) is 1. The van der Waals surface area contributed by atoms with Crippen molar-refractivity contribution in [2.45, 2.75) is 12.8 Å². The van der Waals surface area contributed by atoms with Crippen LogP contribution in [0.3, 0.4) is 0 Å². The summed E-state index contributed by atoms with van der Waals surface area (Å²) in [5.41, 5.74) is -0.481. The van der Waals surface area contributed by atoms with Crippen LogP contribution in [0.25, 0.3) is 0 Å². The Hall–Kier alpha value is -2.15. The fourth-order valence-corrected chi connectivity index (χ4v) is 1.45. The quantitative estimate of drug-likeness (QED) is 0.440. The zero-order valence-electron chi connectivity index (χ0n) is 10.5. The SMILES string of the molecule is COCCCCOc1ccc(C(=O)O)cc1[N+](=O)[O-]. The van der Waals surface area contributed by atoms with Crippen LogP contribution >= 0.6 is 0 Å². The second-order valence-electron chi connectivity index (χ2n) is 3.79. The molecule has 0 aliphatic rings. The summed E-state index contributed by atoms with van der Waals surface area (Å²) in [4.78, 5) is 20.9. The summed E-state index contributed by atoms with van der Waals surface area (Å²) in [7, 11) is 1.59. The largest absolute Gasteiger partial charge is 0.487 e. The van der Waals surface area contributed by atoms with E-state index in [1.54, 1.807) is 7.11 Å². The molecule has 104 valence electrons. The van der Waals surface area contributed by atoms with Crippen molar-refractivity contribution >= 4 is 11.7 Å². The highest BCUT2D eigenvalue weighted by molar-refractivity contribution is 5.88. The minimum atomic E-state index is -1.21. The molecule has 1 N–H and O–H groups in total. The Bertz CT molecular complexity index is 460. The first-order valence-corrected chi connectivity index (χ1v) is 5.69. The van der Waals surface area contributed by atoms with Crippen molar-refractivity contribution in [3.8, 4) is 5.75 Å². The van der Waals surface area contributed by atoms with Crippen LogP contribution in [0.4, 0.5) is 5.69 Å². The Labute approximate surface area is 109 Å². The number of nitro benzene ring substituents is 1. The maximum atomic E-state index is 10.8. The number of nitro groups is 1. The highest BCUT2D eigenvalue weighted by Crippen LogP contribution is 2.28. The number of hydrogen-bond acceptors (Lipinski definition) is 5. The van der Waals surface area contributed by atoms with Gasteiger partial charge < -0.3 is 14.6 Å². The van der Waals surface area contributed by atoms with E-state index in [9.17, 15) is 14.9 Å². The third-order valence-electron chi connectivity index (χ3n) is 2.40. The van der Waals surface area contributed by atoms with Gasteiger partial charge in [-0.15, -0.1) is 0 Å². The van der Waals surface area contributed by atoms with Gasteiger partial charge in [-0.1, -0.05) is 0 Å². The normalized spacial score (nSPS) is 10.2. The van der Waals surface area contributed by atoms with Gasteiger partial charge in [-0.05, 0) is 25.0 Å². The van der Waals surface area contributed by atoms with Crippen molar-refractivity contribution in [3.05, 3.63) is 33.9 Å². The van der Waals surface area contributed by atoms with Crippen molar-refractivity contribution in [1.82, 2.24) is 0 Å². The molecule has 0 unspecified atom stereocenters. The highest BCUT2D eigenvalue weighted by atomic mass is 16.6. The lowest BCUT2D eigenvalue weighted by Gasteiger charge is -2.07. The molecule has 0 aromatic heterocycles. The maximum absolute atomic E-state index is 10.8. The Kier molecular flexibility index (Phi) is 5.74. The molecule has 19 heavy (non-hydrogen) atoms. The molecular weight excluding hydrogens is 254 g/mol. The number of carbonyl (C=O) groups is 1. The van der Waals surface area contributed by atoms with E-state index in [0.717, 1.165) is 12.5 Å². The number of aromatic carboxylic acids is 1. The average molecular weight is 269 g/mol. The molecule has 0 fully saturated rings. The van der Waals surface area contributed by atoms with Crippen molar-refractivity contribution in [3.63, 3.8) is 0 Å². The molecule has 0 atom stereocenters. The zero-order chi connectivity index (χ0) is 14.3. The van der Waals surface area contributed by atoms with Gasteiger partial charge in [0.05, 0.1) is 17.1 Å². The Morgan fingerprint density at radius 2 is 2.05 bits per heavy atom. The van der Waals surface area contributed by atoms with Crippen LogP contribution in [-0.2, 0) is 4.74 Å². The van der Waals surface area contributed by atoms with E-state index in [2.05, 4.69) is 0 Å². The molecule has 0 aliphatic heterocycles. The lowest BCUT2D eigenvalue weighted by Crippen LogP contribution is -2.04. The van der Waals surface area contributed by atoms with Crippen LogP contribution in [-0.4, -0.2) is 36.3 Å². The second-order valence-corrected chi connectivity index (χ2v) is 3.79. The molecule has 0 aliphatic carbocycles. The molecule has 7 nitrogen and oxygen atoms in total. The summed E-state index contributed by atoms with van der Waals surface area (Å²) >= 11 is 0. The first-order chi connectivity index (χ1) is 9.06. The molecule has 1 aromatic rings. The smallest absolute Gasteiger partial charge is 0.335 e.